The maximum atomic E-state index is 12.8. The molecule has 1 aromatic rings. The predicted molar refractivity (Wildman–Crippen MR) is 90.4 cm³/mol. The normalized spacial score (nSPS) is 27.9. The van der Waals surface area contributed by atoms with E-state index in [-0.39, 0.29) is 18.1 Å². The summed E-state index contributed by atoms with van der Waals surface area (Å²) in [7, 11) is 0. The van der Waals surface area contributed by atoms with E-state index in [9.17, 15) is 14.7 Å². The van der Waals surface area contributed by atoms with Gasteiger partial charge >= 0.3 is 5.97 Å². The summed E-state index contributed by atoms with van der Waals surface area (Å²) in [5.74, 6) is -0.737. The van der Waals surface area contributed by atoms with Crippen LogP contribution in [0.25, 0.3) is 0 Å². The Bertz CT molecular complexity index is 577. The molecule has 1 saturated carbocycles. The van der Waals surface area contributed by atoms with Gasteiger partial charge in [0.25, 0.3) is 0 Å². The lowest BCUT2D eigenvalue weighted by molar-refractivity contribution is -0.150. The van der Waals surface area contributed by atoms with E-state index in [0.717, 1.165) is 44.9 Å². The molecule has 24 heavy (non-hydrogen) atoms. The van der Waals surface area contributed by atoms with E-state index in [1.165, 1.54) is 5.56 Å². The molecule has 0 radical (unpaired) electrons. The van der Waals surface area contributed by atoms with E-state index in [2.05, 4.69) is 12.1 Å². The highest BCUT2D eigenvalue weighted by Gasteiger charge is 2.54. The molecule has 0 aromatic heterocycles. The second kappa shape index (κ2) is 7.47. The van der Waals surface area contributed by atoms with Crippen LogP contribution in [0.15, 0.2) is 30.3 Å². The van der Waals surface area contributed by atoms with Crippen molar-refractivity contribution in [2.24, 2.45) is 5.92 Å². The zero-order valence-electron chi connectivity index (χ0n) is 14.1. The first-order valence-electron chi connectivity index (χ1n) is 9.10. The summed E-state index contributed by atoms with van der Waals surface area (Å²) in [4.78, 5) is 24.6. The van der Waals surface area contributed by atoms with Crippen molar-refractivity contribution in [3.8, 4) is 0 Å². The van der Waals surface area contributed by atoms with Crippen molar-refractivity contribution in [1.82, 2.24) is 0 Å². The van der Waals surface area contributed by atoms with E-state index >= 15 is 0 Å². The molecule has 2 aliphatic rings. The lowest BCUT2D eigenvalue weighted by Gasteiger charge is -2.31. The van der Waals surface area contributed by atoms with Crippen molar-refractivity contribution in [2.75, 3.05) is 0 Å². The number of carbonyl (C=O) groups is 2. The Balaban J connectivity index is 1.62. The third-order valence-corrected chi connectivity index (χ3v) is 5.40. The third-order valence-electron chi connectivity index (χ3n) is 5.40. The van der Waals surface area contributed by atoms with Crippen molar-refractivity contribution in [3.63, 3.8) is 0 Å². The summed E-state index contributed by atoms with van der Waals surface area (Å²) in [5, 5.41) is 10.9. The van der Waals surface area contributed by atoms with Gasteiger partial charge in [-0.3, -0.25) is 9.59 Å². The van der Waals surface area contributed by atoms with Crippen LogP contribution in [0, 0.1) is 5.92 Å². The molecule has 0 spiro atoms. The third kappa shape index (κ3) is 3.69. The zero-order valence-corrected chi connectivity index (χ0v) is 14.1. The molecule has 4 nitrogen and oxygen atoms in total. The van der Waals surface area contributed by atoms with Gasteiger partial charge in [0.2, 0.25) is 0 Å². The number of aliphatic hydroxyl groups is 1. The van der Waals surface area contributed by atoms with Crippen LogP contribution >= 0.6 is 0 Å². The molecule has 2 unspecified atom stereocenters. The molecule has 1 aliphatic heterocycles. The molecule has 1 aliphatic carbocycles. The van der Waals surface area contributed by atoms with Gasteiger partial charge in [-0.05, 0) is 37.7 Å². The molecule has 1 saturated heterocycles. The fourth-order valence-electron chi connectivity index (χ4n) is 4.03. The smallest absolute Gasteiger partial charge is 0.309 e. The van der Waals surface area contributed by atoms with Crippen LogP contribution in [-0.2, 0) is 20.7 Å². The monoisotopic (exact) mass is 330 g/mol. The van der Waals surface area contributed by atoms with Gasteiger partial charge in [0.05, 0.1) is 6.42 Å². The van der Waals surface area contributed by atoms with Gasteiger partial charge in [-0.1, -0.05) is 49.6 Å². The van der Waals surface area contributed by atoms with E-state index in [4.69, 9.17) is 4.74 Å². The van der Waals surface area contributed by atoms with Crippen molar-refractivity contribution < 1.29 is 19.4 Å². The first-order valence-corrected chi connectivity index (χ1v) is 9.10. The average Bonchev–Trinajstić information content (AvgIpc) is 2.91. The number of cyclic esters (lactones) is 1. The molecule has 1 N–H and O–H groups in total. The van der Waals surface area contributed by atoms with E-state index < -0.39 is 17.7 Å². The van der Waals surface area contributed by atoms with Gasteiger partial charge in [0.15, 0.2) is 11.4 Å². The Labute approximate surface area is 143 Å². The Hall–Kier alpha value is -1.68. The van der Waals surface area contributed by atoms with Crippen LogP contribution in [0.3, 0.4) is 0 Å². The van der Waals surface area contributed by atoms with Crippen molar-refractivity contribution in [3.05, 3.63) is 35.9 Å². The number of benzene rings is 1. The largest absolute Gasteiger partial charge is 0.459 e. The van der Waals surface area contributed by atoms with E-state index in [1.807, 2.05) is 18.2 Å². The van der Waals surface area contributed by atoms with Crippen LogP contribution in [0.4, 0.5) is 0 Å². The minimum Gasteiger partial charge on any atom is -0.459 e. The fraction of sp³-hybridized carbons (Fsp3) is 0.600. The lowest BCUT2D eigenvalue weighted by Crippen LogP contribution is -2.49. The Morgan fingerprint density at radius 2 is 1.88 bits per heavy atom. The van der Waals surface area contributed by atoms with Gasteiger partial charge < -0.3 is 9.84 Å². The number of rotatable bonds is 6. The quantitative estimate of drug-likeness (QED) is 0.814. The van der Waals surface area contributed by atoms with Crippen molar-refractivity contribution in [1.29, 1.82) is 0 Å². The lowest BCUT2D eigenvalue weighted by atomic mass is 9.76. The Kier molecular flexibility index (Phi) is 5.34. The van der Waals surface area contributed by atoms with Gasteiger partial charge in [0, 0.05) is 5.92 Å². The predicted octanol–water partition coefficient (Wildman–Crippen LogP) is 3.21. The highest BCUT2D eigenvalue weighted by molar-refractivity contribution is 5.95. The zero-order chi connectivity index (χ0) is 17.0. The van der Waals surface area contributed by atoms with Gasteiger partial charge in [-0.25, -0.2) is 0 Å². The molecular formula is C20H26O4. The summed E-state index contributed by atoms with van der Waals surface area (Å²) in [6, 6.07) is 10.1. The first kappa shape index (κ1) is 17.2. The topological polar surface area (TPSA) is 63.6 Å². The molecular weight excluding hydrogens is 304 g/mol. The van der Waals surface area contributed by atoms with Crippen LogP contribution in [0.1, 0.15) is 56.9 Å². The minimum atomic E-state index is -1.62. The maximum absolute atomic E-state index is 12.8. The molecule has 0 amide bonds. The van der Waals surface area contributed by atoms with Gasteiger partial charge in [0.1, 0.15) is 6.10 Å². The van der Waals surface area contributed by atoms with E-state index in [0.29, 0.717) is 6.42 Å². The van der Waals surface area contributed by atoms with Crippen LogP contribution < -0.4 is 0 Å². The molecule has 1 aromatic carbocycles. The van der Waals surface area contributed by atoms with Gasteiger partial charge in [-0.15, -0.1) is 0 Å². The Morgan fingerprint density at radius 1 is 1.17 bits per heavy atom. The molecule has 1 heterocycles. The summed E-state index contributed by atoms with van der Waals surface area (Å²) < 4.78 is 5.32. The summed E-state index contributed by atoms with van der Waals surface area (Å²) in [5.41, 5.74) is -0.403. The molecule has 3 rings (SSSR count). The molecule has 2 fully saturated rings. The summed E-state index contributed by atoms with van der Waals surface area (Å²) in [6.45, 7) is 0. The van der Waals surface area contributed by atoms with Crippen LogP contribution in [0.2, 0.25) is 0 Å². The van der Waals surface area contributed by atoms with E-state index in [1.54, 1.807) is 0 Å². The highest BCUT2D eigenvalue weighted by Crippen LogP contribution is 2.37. The molecule has 2 atom stereocenters. The fourth-order valence-corrected chi connectivity index (χ4v) is 4.03. The van der Waals surface area contributed by atoms with Crippen molar-refractivity contribution in [2.45, 2.75) is 69.5 Å². The maximum Gasteiger partial charge on any atom is 0.309 e. The number of hydrogen-bond donors (Lipinski definition) is 1. The number of ether oxygens (including phenoxy) is 1. The number of carbonyl (C=O) groups excluding carboxylic acids is 2. The van der Waals surface area contributed by atoms with Gasteiger partial charge in [-0.2, -0.15) is 0 Å². The second-order valence-corrected chi connectivity index (χ2v) is 7.16. The highest BCUT2D eigenvalue weighted by atomic mass is 16.6. The number of Topliss-reactive ketones (excluding diaryl/α,β-unsaturated/α-hetero) is 1. The first-order chi connectivity index (χ1) is 11.6. The number of esters is 1. The standard InChI is InChI=1S/C20H26O4/c21-18-14-20(23,19(22)16-11-5-2-6-12-16)17(24-18)13-7-10-15-8-3-1-4-9-15/h1,3-4,8-9,16-17,23H,2,5-7,10-14H2. The van der Waals surface area contributed by atoms with Crippen LogP contribution in [0.5, 0.6) is 0 Å². The number of ketones is 1. The summed E-state index contributed by atoms with van der Waals surface area (Å²) in [6.07, 6.45) is 6.14. The number of hydrogen-bond acceptors (Lipinski definition) is 4. The molecule has 4 heteroatoms. The Morgan fingerprint density at radius 3 is 2.58 bits per heavy atom. The SMILES string of the molecule is O=C1CC(O)(C(=O)C2CCCCC2)C(CCCc2ccccc2)O1. The minimum absolute atomic E-state index is 0.116. The summed E-state index contributed by atoms with van der Waals surface area (Å²) >= 11 is 0. The average molecular weight is 330 g/mol. The number of aryl methyl sites for hydroxylation is 1. The second-order valence-electron chi connectivity index (χ2n) is 7.16. The molecule has 0 bridgehead atoms. The van der Waals surface area contributed by atoms with Crippen LogP contribution in [-0.4, -0.2) is 28.6 Å². The molecule has 130 valence electrons. The van der Waals surface area contributed by atoms with Crippen molar-refractivity contribution >= 4 is 11.8 Å².